The van der Waals surface area contributed by atoms with Crippen LogP contribution in [-0.2, 0) is 33.6 Å². The van der Waals surface area contributed by atoms with Crippen molar-refractivity contribution in [1.82, 2.24) is 46.7 Å². The molecule has 0 aliphatic carbocycles. The fourth-order valence-electron chi connectivity index (χ4n) is 6.00. The number of hydrogen-bond donors (Lipinski definition) is 7. The van der Waals surface area contributed by atoms with Crippen LogP contribution in [0.5, 0.6) is 0 Å². The number of aromatic nitrogens is 1. The Morgan fingerprint density at radius 2 is 1.55 bits per heavy atom. The van der Waals surface area contributed by atoms with Gasteiger partial charge in [0.05, 0.1) is 30.9 Å². The molecular formula is C39H63N11O8. The van der Waals surface area contributed by atoms with Crippen LogP contribution in [0.4, 0.5) is 0 Å². The fourth-order valence-corrected chi connectivity index (χ4v) is 6.00. The molecule has 58 heavy (non-hydrogen) atoms. The quantitative estimate of drug-likeness (QED) is 0.0371. The zero-order chi connectivity index (χ0) is 42.9. The number of hydrazine groups is 2. The number of amides is 5. The Bertz CT molecular complexity index is 1550. The van der Waals surface area contributed by atoms with Gasteiger partial charge in [0.2, 0.25) is 29.5 Å². The maximum atomic E-state index is 13.3. The fraction of sp³-hybridized carbons (Fsp3) is 0.615. The maximum Gasteiger partial charge on any atom is 0.237 e. The summed E-state index contributed by atoms with van der Waals surface area (Å²) in [5, 5.41) is 9.72. The van der Waals surface area contributed by atoms with Gasteiger partial charge < -0.3 is 42.6 Å². The number of carbonyl (C=O) groups excluding carboxylic acids is 8. The van der Waals surface area contributed by atoms with Crippen LogP contribution in [0.15, 0.2) is 36.4 Å². The van der Waals surface area contributed by atoms with E-state index < -0.39 is 41.6 Å². The van der Waals surface area contributed by atoms with E-state index in [2.05, 4.69) is 50.6 Å². The summed E-state index contributed by atoms with van der Waals surface area (Å²) < 4.78 is 0. The topological polar surface area (TPSA) is 271 Å². The first-order valence-electron chi connectivity index (χ1n) is 20.1. The average molecular weight is 814 g/mol. The van der Waals surface area contributed by atoms with Crippen LogP contribution in [-0.4, -0.2) is 131 Å². The van der Waals surface area contributed by atoms with Crippen molar-refractivity contribution in [3.05, 3.63) is 42.0 Å². The summed E-state index contributed by atoms with van der Waals surface area (Å²) in [6.07, 6.45) is 6.26. The molecule has 0 saturated carbocycles. The predicted octanol–water partition coefficient (Wildman–Crippen LogP) is -0.420. The van der Waals surface area contributed by atoms with E-state index in [0.29, 0.717) is 37.2 Å². The number of unbranched alkanes of at least 4 members (excludes halogenated alkanes) is 1. The lowest BCUT2D eigenvalue weighted by Crippen LogP contribution is -2.43. The molecule has 1 aliphatic rings. The third-order valence-electron chi connectivity index (χ3n) is 9.45. The van der Waals surface area contributed by atoms with Crippen LogP contribution in [0.2, 0.25) is 0 Å². The van der Waals surface area contributed by atoms with E-state index in [1.165, 1.54) is 24.2 Å². The Morgan fingerprint density at radius 1 is 0.862 bits per heavy atom. The lowest BCUT2D eigenvalue weighted by atomic mass is 10.0. The number of hydrogen-bond acceptors (Lipinski definition) is 14. The molecule has 2 rings (SSSR count). The largest absolute Gasteiger partial charge is 0.368 e. The number of ketones is 3. The molecule has 0 aromatic carbocycles. The first-order valence-corrected chi connectivity index (χ1v) is 20.1. The van der Waals surface area contributed by atoms with Crippen molar-refractivity contribution < 1.29 is 38.4 Å². The molecule has 2 heterocycles. The number of carbonyl (C=O) groups is 8. The van der Waals surface area contributed by atoms with Gasteiger partial charge in [-0.1, -0.05) is 13.8 Å². The number of nitrogens with one attached hydrogen (secondary N) is 5. The highest BCUT2D eigenvalue weighted by Gasteiger charge is 2.24. The van der Waals surface area contributed by atoms with Gasteiger partial charge in [-0.15, -0.1) is 5.53 Å². The summed E-state index contributed by atoms with van der Waals surface area (Å²) in [6.45, 7) is 9.12. The van der Waals surface area contributed by atoms with Crippen LogP contribution >= 0.6 is 0 Å². The van der Waals surface area contributed by atoms with Gasteiger partial charge in [0, 0.05) is 82.2 Å². The predicted molar refractivity (Wildman–Crippen MR) is 216 cm³/mol. The van der Waals surface area contributed by atoms with Crippen LogP contribution in [0.3, 0.4) is 0 Å². The second-order valence-corrected chi connectivity index (χ2v) is 14.1. The van der Waals surface area contributed by atoms with Crippen molar-refractivity contribution >= 4 is 46.9 Å². The summed E-state index contributed by atoms with van der Waals surface area (Å²) >= 11 is 0. The van der Waals surface area contributed by atoms with Crippen molar-refractivity contribution in [2.75, 3.05) is 52.4 Å². The Morgan fingerprint density at radius 3 is 2.22 bits per heavy atom. The number of Topliss-reactive ketones (excluding diaryl/α,β-unsaturated/α-hetero) is 3. The second-order valence-electron chi connectivity index (χ2n) is 14.1. The Labute approximate surface area is 340 Å². The van der Waals surface area contributed by atoms with E-state index >= 15 is 0 Å². The van der Waals surface area contributed by atoms with Gasteiger partial charge >= 0.3 is 0 Å². The zero-order valence-corrected chi connectivity index (χ0v) is 34.2. The molecule has 19 nitrogen and oxygen atoms in total. The van der Waals surface area contributed by atoms with E-state index in [0.717, 1.165) is 32.5 Å². The summed E-state index contributed by atoms with van der Waals surface area (Å²) in [6, 6.07) is 1.47. The maximum absolute atomic E-state index is 13.3. The van der Waals surface area contributed by atoms with Gasteiger partial charge in [-0.2, -0.15) is 0 Å². The normalized spacial score (nSPS) is 13.2. The van der Waals surface area contributed by atoms with Crippen molar-refractivity contribution in [2.24, 2.45) is 11.5 Å². The SMILES string of the molecule is CCN(CC)CCCC[C@H](NC(=O)CCC(=O)[C@H](C)NC(=O)CCC(=O)c1cccnc1)C(=O)CCC(=O)NCCC(=O)N(CC(N)=O)CC1=CN(CCCN)NN1. The molecule has 322 valence electrons. The number of primary amides is 1. The van der Waals surface area contributed by atoms with Gasteiger partial charge in [-0.05, 0) is 70.9 Å². The Hall–Kier alpha value is -5.27. The second kappa shape index (κ2) is 27.4. The van der Waals surface area contributed by atoms with Crippen molar-refractivity contribution in [2.45, 2.75) is 103 Å². The number of nitrogens with two attached hydrogens (primary N) is 2. The molecule has 5 amide bonds. The molecule has 9 N–H and O–H groups in total. The summed E-state index contributed by atoms with van der Waals surface area (Å²) in [5.41, 5.74) is 17.8. The summed E-state index contributed by atoms with van der Waals surface area (Å²) in [4.78, 5) is 108. The molecule has 0 spiro atoms. The lowest BCUT2D eigenvalue weighted by Gasteiger charge is -2.21. The van der Waals surface area contributed by atoms with Crippen molar-refractivity contribution in [1.29, 1.82) is 0 Å². The lowest BCUT2D eigenvalue weighted by molar-refractivity contribution is -0.135. The van der Waals surface area contributed by atoms with E-state index in [1.54, 1.807) is 23.3 Å². The summed E-state index contributed by atoms with van der Waals surface area (Å²) in [7, 11) is 0. The Balaban J connectivity index is 1.85. The number of nitrogens with zero attached hydrogens (tertiary/aromatic N) is 4. The van der Waals surface area contributed by atoms with Crippen molar-refractivity contribution in [3.8, 4) is 0 Å². The highest BCUT2D eigenvalue weighted by atomic mass is 16.2. The number of rotatable bonds is 31. The van der Waals surface area contributed by atoms with Crippen LogP contribution < -0.4 is 38.4 Å². The molecule has 1 aromatic heterocycles. The minimum Gasteiger partial charge on any atom is -0.368 e. The van der Waals surface area contributed by atoms with Gasteiger partial charge in [0.1, 0.15) is 0 Å². The highest BCUT2D eigenvalue weighted by molar-refractivity contribution is 5.98. The molecule has 19 heteroatoms. The standard InChI is InChI=1S/C39H63N11O8/c1-4-48(5-2)22-7-6-11-31(45-38(57)16-12-32(51)28(3)44-37(56)17-13-33(52)29-10-8-20-42-24-29)34(53)14-15-36(55)43-21-18-39(58)49(27-35(41)54)25-30-26-50(47-46-30)23-9-19-40/h8,10,20,24,26,28,31,46-47H,4-7,9,11-19,21-23,25,27,40H2,1-3H3,(H2,41,54)(H,43,55)(H,44,56)(H,45,57)/t28-,31-/m0/s1. The first-order chi connectivity index (χ1) is 27.8. The molecule has 0 saturated heterocycles. The molecular weight excluding hydrogens is 750 g/mol. The molecule has 1 aliphatic heterocycles. The first kappa shape index (κ1) is 48.9. The minimum absolute atomic E-state index is 0.0313. The van der Waals surface area contributed by atoms with Gasteiger partial charge in [-0.25, -0.2) is 0 Å². The molecule has 0 unspecified atom stereocenters. The van der Waals surface area contributed by atoms with Crippen LogP contribution in [0.1, 0.15) is 102 Å². The highest BCUT2D eigenvalue weighted by Crippen LogP contribution is 2.10. The monoisotopic (exact) mass is 813 g/mol. The zero-order valence-electron chi connectivity index (χ0n) is 34.2. The molecule has 0 radical (unpaired) electrons. The average Bonchev–Trinajstić information content (AvgIpc) is 3.66. The van der Waals surface area contributed by atoms with Crippen molar-refractivity contribution in [3.63, 3.8) is 0 Å². The van der Waals surface area contributed by atoms with E-state index in [-0.39, 0.29) is 81.9 Å². The minimum atomic E-state index is -0.886. The van der Waals surface area contributed by atoms with E-state index in [4.69, 9.17) is 11.5 Å². The van der Waals surface area contributed by atoms with Gasteiger partial charge in [0.25, 0.3) is 0 Å². The molecule has 1 aromatic rings. The molecule has 0 bridgehead atoms. The third-order valence-corrected chi connectivity index (χ3v) is 9.45. The van der Waals surface area contributed by atoms with E-state index in [1.807, 2.05) is 0 Å². The summed E-state index contributed by atoms with van der Waals surface area (Å²) in [5.74, 6) is -3.51. The molecule has 0 fully saturated rings. The number of pyridine rings is 1. The van der Waals surface area contributed by atoms with Gasteiger partial charge in [-0.3, -0.25) is 48.3 Å². The van der Waals surface area contributed by atoms with Crippen LogP contribution in [0.25, 0.3) is 0 Å². The van der Waals surface area contributed by atoms with Gasteiger partial charge in [0.15, 0.2) is 17.3 Å². The Kier molecular flexibility index (Phi) is 23.1. The van der Waals surface area contributed by atoms with Crippen LogP contribution in [0, 0.1) is 0 Å². The van der Waals surface area contributed by atoms with E-state index in [9.17, 15) is 38.4 Å². The molecule has 2 atom stereocenters. The third kappa shape index (κ3) is 19.7. The smallest absolute Gasteiger partial charge is 0.237 e.